The SMILES string of the molecule is CCOC(=O)/C(C)=C\C[C@H](OC[Si](C)(C)C(C)(C)C)/C(C)=C/c1csc(C)n1. The lowest BCUT2D eigenvalue weighted by molar-refractivity contribution is -0.138. The molecule has 4 nitrogen and oxygen atoms in total. The number of ether oxygens (including phenoxy) is 2. The van der Waals surface area contributed by atoms with Gasteiger partial charge >= 0.3 is 5.97 Å². The van der Waals surface area contributed by atoms with E-state index in [1.165, 1.54) is 0 Å². The number of carbonyl (C=O) groups is 1. The quantitative estimate of drug-likeness (QED) is 0.270. The first-order valence-corrected chi connectivity index (χ1v) is 14.0. The van der Waals surface area contributed by atoms with E-state index in [-0.39, 0.29) is 17.1 Å². The van der Waals surface area contributed by atoms with E-state index in [9.17, 15) is 4.79 Å². The molecular weight excluding hydrogens is 386 g/mol. The average molecular weight is 424 g/mol. The second-order valence-electron chi connectivity index (χ2n) is 8.96. The van der Waals surface area contributed by atoms with Crippen LogP contribution in [0.1, 0.15) is 58.7 Å². The number of aromatic nitrogens is 1. The molecule has 1 heterocycles. The van der Waals surface area contributed by atoms with Gasteiger partial charge in [0.1, 0.15) is 0 Å². The summed E-state index contributed by atoms with van der Waals surface area (Å²) in [5.74, 6) is -0.262. The van der Waals surface area contributed by atoms with Crippen LogP contribution in [0.5, 0.6) is 0 Å². The molecule has 0 spiro atoms. The van der Waals surface area contributed by atoms with Gasteiger partial charge in [0, 0.05) is 17.2 Å². The van der Waals surface area contributed by atoms with Gasteiger partial charge in [0.05, 0.1) is 31.5 Å². The maximum atomic E-state index is 11.9. The summed E-state index contributed by atoms with van der Waals surface area (Å²) in [4.78, 5) is 16.5. The number of hydrogen-bond donors (Lipinski definition) is 0. The molecule has 0 aliphatic carbocycles. The highest BCUT2D eigenvalue weighted by molar-refractivity contribution is 7.09. The maximum absolute atomic E-state index is 11.9. The van der Waals surface area contributed by atoms with E-state index in [0.29, 0.717) is 18.6 Å². The van der Waals surface area contributed by atoms with Gasteiger partial charge in [-0.25, -0.2) is 9.78 Å². The normalized spacial score (nSPS) is 14.9. The second-order valence-corrected chi connectivity index (χ2v) is 15.6. The highest BCUT2D eigenvalue weighted by atomic mass is 32.1. The first kappa shape index (κ1) is 24.8. The zero-order chi connectivity index (χ0) is 21.5. The summed E-state index contributed by atoms with van der Waals surface area (Å²) in [6, 6.07) is 0. The fourth-order valence-corrected chi connectivity index (χ4v) is 3.92. The first-order chi connectivity index (χ1) is 12.9. The predicted molar refractivity (Wildman–Crippen MR) is 122 cm³/mol. The molecule has 1 aromatic heterocycles. The molecule has 6 heteroatoms. The number of carbonyl (C=O) groups excluding carboxylic acids is 1. The molecule has 0 aliphatic heterocycles. The minimum Gasteiger partial charge on any atom is -0.463 e. The van der Waals surface area contributed by atoms with Gasteiger partial charge in [-0.3, -0.25) is 0 Å². The zero-order valence-corrected chi connectivity index (χ0v) is 20.8. The standard InChI is InChI=1S/C22H37NO3SSi/c1-10-25-21(24)16(2)11-12-20(26-15-28(8,9)22(5,6)7)17(3)13-19-14-27-18(4)23-19/h11,13-14,20H,10,12,15H2,1-9H3/b16-11-,17-13+/t20-/m0/s1. The highest BCUT2D eigenvalue weighted by Crippen LogP contribution is 2.36. The Bertz CT molecular complexity index is 714. The van der Waals surface area contributed by atoms with Gasteiger partial charge in [-0.15, -0.1) is 11.3 Å². The average Bonchev–Trinajstić information content (AvgIpc) is 2.98. The summed E-state index contributed by atoms with van der Waals surface area (Å²) in [7, 11) is -1.57. The number of rotatable bonds is 9. The monoisotopic (exact) mass is 423 g/mol. The summed E-state index contributed by atoms with van der Waals surface area (Å²) >= 11 is 1.64. The van der Waals surface area contributed by atoms with E-state index >= 15 is 0 Å². The van der Waals surface area contributed by atoms with Crippen LogP contribution < -0.4 is 0 Å². The van der Waals surface area contributed by atoms with Gasteiger partial charge in [0.2, 0.25) is 0 Å². The van der Waals surface area contributed by atoms with Gasteiger partial charge in [-0.05, 0) is 50.8 Å². The lowest BCUT2D eigenvalue weighted by Gasteiger charge is -2.37. The molecule has 158 valence electrons. The van der Waals surface area contributed by atoms with Crippen molar-refractivity contribution in [3.63, 3.8) is 0 Å². The van der Waals surface area contributed by atoms with Crippen molar-refractivity contribution in [2.75, 3.05) is 12.8 Å². The van der Waals surface area contributed by atoms with Crippen LogP contribution in [0.4, 0.5) is 0 Å². The molecule has 1 aromatic rings. The predicted octanol–water partition coefficient (Wildman–Crippen LogP) is 6.19. The summed E-state index contributed by atoms with van der Waals surface area (Å²) in [5, 5.41) is 3.37. The number of nitrogens with zero attached hydrogens (tertiary/aromatic N) is 1. The summed E-state index contributed by atoms with van der Waals surface area (Å²) in [6.45, 7) is 19.7. The molecule has 0 fully saturated rings. The van der Waals surface area contributed by atoms with Crippen molar-refractivity contribution in [3.05, 3.63) is 33.3 Å². The van der Waals surface area contributed by atoms with Crippen molar-refractivity contribution in [2.24, 2.45) is 0 Å². The maximum Gasteiger partial charge on any atom is 0.333 e. The Kier molecular flexibility index (Phi) is 9.31. The molecule has 1 atom stereocenters. The third-order valence-corrected chi connectivity index (χ3v) is 11.2. The van der Waals surface area contributed by atoms with Gasteiger partial charge in [-0.1, -0.05) is 39.9 Å². The fraction of sp³-hybridized carbons (Fsp3) is 0.636. The number of aryl methyl sites for hydroxylation is 1. The molecule has 0 amide bonds. The molecule has 0 radical (unpaired) electrons. The van der Waals surface area contributed by atoms with E-state index in [2.05, 4.69) is 57.2 Å². The van der Waals surface area contributed by atoms with E-state index in [0.717, 1.165) is 22.5 Å². The minimum absolute atomic E-state index is 0.0829. The molecule has 0 N–H and O–H groups in total. The van der Waals surface area contributed by atoms with Crippen molar-refractivity contribution in [1.29, 1.82) is 0 Å². The Hall–Kier alpha value is -1.24. The molecular formula is C22H37NO3SSi. The van der Waals surface area contributed by atoms with Gasteiger partial charge in [0.15, 0.2) is 0 Å². The van der Waals surface area contributed by atoms with Gasteiger partial charge < -0.3 is 9.47 Å². The van der Waals surface area contributed by atoms with Crippen LogP contribution in [-0.2, 0) is 14.3 Å². The molecule has 0 saturated heterocycles. The van der Waals surface area contributed by atoms with E-state index in [1.807, 2.05) is 19.9 Å². The van der Waals surface area contributed by atoms with Crippen LogP contribution in [0.15, 0.2) is 22.6 Å². The number of hydrogen-bond acceptors (Lipinski definition) is 5. The van der Waals surface area contributed by atoms with Crippen molar-refractivity contribution >= 4 is 31.5 Å². The van der Waals surface area contributed by atoms with Crippen molar-refractivity contribution in [2.45, 2.75) is 79.1 Å². The van der Waals surface area contributed by atoms with Crippen LogP contribution in [0.25, 0.3) is 6.08 Å². The van der Waals surface area contributed by atoms with Crippen LogP contribution in [0.3, 0.4) is 0 Å². The Morgan fingerprint density at radius 3 is 2.46 bits per heavy atom. The number of thiazole rings is 1. The van der Waals surface area contributed by atoms with Crippen LogP contribution in [0, 0.1) is 6.92 Å². The number of esters is 1. The lowest BCUT2D eigenvalue weighted by Crippen LogP contribution is -2.43. The lowest BCUT2D eigenvalue weighted by atomic mass is 10.1. The Labute approximate surface area is 176 Å². The van der Waals surface area contributed by atoms with Crippen molar-refractivity contribution in [1.82, 2.24) is 4.98 Å². The van der Waals surface area contributed by atoms with Crippen LogP contribution in [0.2, 0.25) is 18.1 Å². The largest absolute Gasteiger partial charge is 0.463 e. The Morgan fingerprint density at radius 1 is 1.32 bits per heavy atom. The molecule has 28 heavy (non-hydrogen) atoms. The molecule has 1 rings (SSSR count). The molecule has 0 unspecified atom stereocenters. The zero-order valence-electron chi connectivity index (χ0n) is 19.0. The fourth-order valence-electron chi connectivity index (χ4n) is 2.30. The first-order valence-electron chi connectivity index (χ1n) is 9.93. The molecule has 0 aliphatic rings. The third kappa shape index (κ3) is 7.64. The highest BCUT2D eigenvalue weighted by Gasteiger charge is 2.36. The third-order valence-electron chi connectivity index (χ3n) is 5.43. The summed E-state index contributed by atoms with van der Waals surface area (Å²) in [5.41, 5.74) is 2.71. The topological polar surface area (TPSA) is 48.4 Å². The summed E-state index contributed by atoms with van der Waals surface area (Å²) < 4.78 is 11.5. The van der Waals surface area contributed by atoms with Gasteiger partial charge in [-0.2, -0.15) is 0 Å². The van der Waals surface area contributed by atoms with E-state index in [1.54, 1.807) is 18.3 Å². The van der Waals surface area contributed by atoms with Gasteiger partial charge in [0.25, 0.3) is 0 Å². The molecule has 0 aromatic carbocycles. The van der Waals surface area contributed by atoms with E-state index in [4.69, 9.17) is 9.47 Å². The van der Waals surface area contributed by atoms with Crippen molar-refractivity contribution < 1.29 is 14.3 Å². The van der Waals surface area contributed by atoms with E-state index < -0.39 is 8.07 Å². The minimum atomic E-state index is -1.57. The summed E-state index contributed by atoms with van der Waals surface area (Å²) in [6.07, 6.45) is 5.35. The van der Waals surface area contributed by atoms with Crippen LogP contribution >= 0.6 is 11.3 Å². The van der Waals surface area contributed by atoms with Crippen molar-refractivity contribution in [3.8, 4) is 0 Å². The second kappa shape index (κ2) is 10.5. The molecule has 0 saturated carbocycles. The smallest absolute Gasteiger partial charge is 0.333 e. The Morgan fingerprint density at radius 2 is 1.96 bits per heavy atom. The van der Waals surface area contributed by atoms with Crippen LogP contribution in [-0.4, -0.2) is 38.0 Å². The Balaban J connectivity index is 3.00. The molecule has 0 bridgehead atoms.